The Labute approximate surface area is 178 Å². The zero-order valence-corrected chi connectivity index (χ0v) is 16.8. The van der Waals surface area contributed by atoms with E-state index in [-0.39, 0.29) is 16.4 Å². The third-order valence-electron chi connectivity index (χ3n) is 4.75. The first-order valence-corrected chi connectivity index (χ1v) is 9.18. The molecular formula is C19H16ClF4N3O4. The second-order valence-electron chi connectivity index (χ2n) is 6.97. The lowest BCUT2D eigenvalue weighted by molar-refractivity contribution is -0.137. The van der Waals surface area contributed by atoms with Crippen LogP contribution in [-0.4, -0.2) is 52.3 Å². The van der Waals surface area contributed by atoms with E-state index in [1.165, 1.54) is 20.0 Å². The maximum Gasteiger partial charge on any atom is 0.416 e. The molecule has 2 N–H and O–H groups in total. The van der Waals surface area contributed by atoms with E-state index in [1.807, 2.05) is 0 Å². The van der Waals surface area contributed by atoms with Gasteiger partial charge in [-0.05, 0) is 37.3 Å². The first kappa shape index (κ1) is 22.9. The van der Waals surface area contributed by atoms with Crippen LogP contribution in [0.1, 0.15) is 11.3 Å². The molecule has 0 aliphatic carbocycles. The zero-order chi connectivity index (χ0) is 23.2. The van der Waals surface area contributed by atoms with Gasteiger partial charge >= 0.3 is 6.18 Å². The topological polar surface area (TPSA) is 94.0 Å². The lowest BCUT2D eigenvalue weighted by atomic mass is 10.1. The lowest BCUT2D eigenvalue weighted by Gasteiger charge is -2.29. The fourth-order valence-electron chi connectivity index (χ4n) is 3.26. The molecule has 1 saturated heterocycles. The number of likely N-dealkylation sites (N-methyl/N-ethyl adjacent to an activating group) is 1. The maximum absolute atomic E-state index is 13.7. The van der Waals surface area contributed by atoms with Gasteiger partial charge in [0, 0.05) is 23.5 Å². The number of alkyl halides is 3. The van der Waals surface area contributed by atoms with Gasteiger partial charge in [0.2, 0.25) is 0 Å². The van der Waals surface area contributed by atoms with Crippen molar-refractivity contribution in [2.45, 2.75) is 31.3 Å². The normalized spacial score (nSPS) is 21.5. The average molecular weight is 462 g/mol. The summed E-state index contributed by atoms with van der Waals surface area (Å²) in [4.78, 5) is 30.8. The van der Waals surface area contributed by atoms with Crippen LogP contribution in [0, 0.1) is 12.7 Å². The first-order chi connectivity index (χ1) is 14.3. The van der Waals surface area contributed by atoms with Gasteiger partial charge in [-0.2, -0.15) is 13.2 Å². The number of hydrogen-bond acceptors (Lipinski definition) is 5. The Morgan fingerprint density at radius 2 is 1.84 bits per heavy atom. The minimum Gasteiger partial charge on any atom is -0.387 e. The van der Waals surface area contributed by atoms with Gasteiger partial charge in [0.15, 0.2) is 6.10 Å². The van der Waals surface area contributed by atoms with Gasteiger partial charge in [0.25, 0.3) is 11.8 Å². The highest BCUT2D eigenvalue weighted by molar-refractivity contribution is 6.31. The van der Waals surface area contributed by atoms with Crippen molar-refractivity contribution in [3.63, 3.8) is 0 Å². The van der Waals surface area contributed by atoms with Gasteiger partial charge in [0.05, 0.1) is 5.56 Å². The molecule has 1 aliphatic heterocycles. The van der Waals surface area contributed by atoms with Gasteiger partial charge < -0.3 is 15.1 Å². The molecule has 0 bridgehead atoms. The molecule has 0 radical (unpaired) electrons. The monoisotopic (exact) mass is 461 g/mol. The minimum absolute atomic E-state index is 0.0373. The summed E-state index contributed by atoms with van der Waals surface area (Å²) in [5.41, 5.74) is -1.27. The van der Waals surface area contributed by atoms with Gasteiger partial charge in [-0.25, -0.2) is 9.37 Å². The zero-order valence-electron chi connectivity index (χ0n) is 16.1. The van der Waals surface area contributed by atoms with Crippen LogP contribution in [0.3, 0.4) is 0 Å². The molecular weight excluding hydrogens is 446 g/mol. The van der Waals surface area contributed by atoms with Crippen LogP contribution in [0.5, 0.6) is 0 Å². The molecule has 2 heterocycles. The predicted molar refractivity (Wildman–Crippen MR) is 102 cm³/mol. The Morgan fingerprint density at radius 3 is 2.42 bits per heavy atom. The van der Waals surface area contributed by atoms with Crippen LogP contribution < -0.4 is 9.80 Å². The fraction of sp³-hybridized carbons (Fsp3) is 0.316. The molecule has 2 amide bonds. The third-order valence-corrected chi connectivity index (χ3v) is 4.97. The molecule has 1 aliphatic rings. The first-order valence-electron chi connectivity index (χ1n) is 8.80. The molecule has 1 aromatic heterocycles. The lowest BCUT2D eigenvalue weighted by Crippen LogP contribution is -2.50. The summed E-state index contributed by atoms with van der Waals surface area (Å²) < 4.78 is 53.3. The second kappa shape index (κ2) is 8.06. The standard InChI is InChI=1S/C19H16ClF4N3O4/c1-8-3-9(19(22,23)24)4-13(25-8)27-14(15(28)16(29)18(27)31)17(30)26(2)12-6-10(20)5-11(21)7-12/h3-7,14-16,28-29H,1-2H3. The third kappa shape index (κ3) is 4.34. The molecule has 31 heavy (non-hydrogen) atoms. The highest BCUT2D eigenvalue weighted by Gasteiger charge is 2.52. The van der Waals surface area contributed by atoms with Gasteiger partial charge in [0.1, 0.15) is 23.8 Å². The van der Waals surface area contributed by atoms with Crippen molar-refractivity contribution >= 4 is 34.9 Å². The largest absolute Gasteiger partial charge is 0.416 e. The number of aliphatic hydroxyl groups is 2. The summed E-state index contributed by atoms with van der Waals surface area (Å²) in [5.74, 6) is -3.55. The Hall–Kier alpha value is -2.76. The van der Waals surface area contributed by atoms with Crippen molar-refractivity contribution in [2.24, 2.45) is 0 Å². The number of halogens is 5. The molecule has 3 atom stereocenters. The van der Waals surface area contributed by atoms with E-state index >= 15 is 0 Å². The number of nitrogens with zero attached hydrogens (tertiary/aromatic N) is 3. The molecule has 7 nitrogen and oxygen atoms in total. The van der Waals surface area contributed by atoms with E-state index in [2.05, 4.69) is 4.98 Å². The minimum atomic E-state index is -4.77. The molecule has 1 aromatic carbocycles. The Balaban J connectivity index is 2.07. The Bertz CT molecular complexity index is 1030. The van der Waals surface area contributed by atoms with Crippen LogP contribution in [0.4, 0.5) is 29.1 Å². The summed E-state index contributed by atoms with van der Waals surface area (Å²) in [7, 11) is 1.19. The van der Waals surface area contributed by atoms with Crippen LogP contribution in [0.2, 0.25) is 5.02 Å². The summed E-state index contributed by atoms with van der Waals surface area (Å²) in [5, 5.41) is 20.3. The van der Waals surface area contributed by atoms with Gasteiger partial charge in [-0.15, -0.1) is 0 Å². The molecule has 166 valence electrons. The Kier molecular flexibility index (Phi) is 5.96. The van der Waals surface area contributed by atoms with Crippen LogP contribution in [-0.2, 0) is 15.8 Å². The van der Waals surface area contributed by atoms with Crippen molar-refractivity contribution in [3.8, 4) is 0 Å². The SMILES string of the molecule is Cc1cc(C(F)(F)F)cc(N2C(=O)C(O)C(O)C2C(=O)N(C)c2cc(F)cc(Cl)c2)n1. The molecule has 3 unspecified atom stereocenters. The number of amides is 2. The van der Waals surface area contributed by atoms with Crippen molar-refractivity contribution in [2.75, 3.05) is 16.8 Å². The molecule has 2 aromatic rings. The number of aliphatic hydroxyl groups excluding tert-OH is 2. The number of hydrogen-bond donors (Lipinski definition) is 2. The number of carbonyl (C=O) groups excluding carboxylic acids is 2. The molecule has 1 fully saturated rings. The van der Waals surface area contributed by atoms with Crippen molar-refractivity contribution < 1.29 is 37.4 Å². The van der Waals surface area contributed by atoms with E-state index in [4.69, 9.17) is 11.6 Å². The predicted octanol–water partition coefficient (Wildman–Crippen LogP) is 2.30. The fourth-order valence-corrected chi connectivity index (χ4v) is 3.48. The number of benzene rings is 1. The number of aryl methyl sites for hydroxylation is 1. The summed E-state index contributed by atoms with van der Waals surface area (Å²) in [6, 6.07) is 2.65. The Morgan fingerprint density at radius 1 is 1.19 bits per heavy atom. The summed E-state index contributed by atoms with van der Waals surface area (Å²) in [6.45, 7) is 1.25. The van der Waals surface area contributed by atoms with Gasteiger partial charge in [-0.1, -0.05) is 11.6 Å². The van der Waals surface area contributed by atoms with E-state index in [9.17, 15) is 37.4 Å². The smallest absolute Gasteiger partial charge is 0.387 e. The highest BCUT2D eigenvalue weighted by atomic mass is 35.5. The van der Waals surface area contributed by atoms with Crippen molar-refractivity contribution in [1.29, 1.82) is 0 Å². The molecule has 0 spiro atoms. The van der Waals surface area contributed by atoms with E-state index < -0.39 is 53.4 Å². The quantitative estimate of drug-likeness (QED) is 0.684. The van der Waals surface area contributed by atoms with E-state index in [0.29, 0.717) is 11.0 Å². The van der Waals surface area contributed by atoms with Crippen LogP contribution in [0.25, 0.3) is 0 Å². The molecule has 12 heteroatoms. The molecule has 3 rings (SSSR count). The van der Waals surface area contributed by atoms with Crippen LogP contribution in [0.15, 0.2) is 30.3 Å². The second-order valence-corrected chi connectivity index (χ2v) is 7.40. The van der Waals surface area contributed by atoms with E-state index in [1.54, 1.807) is 0 Å². The number of carbonyl (C=O) groups is 2. The van der Waals surface area contributed by atoms with Crippen molar-refractivity contribution in [1.82, 2.24) is 4.98 Å². The summed E-state index contributed by atoms with van der Waals surface area (Å²) >= 11 is 5.79. The van der Waals surface area contributed by atoms with Gasteiger partial charge in [-0.3, -0.25) is 14.5 Å². The van der Waals surface area contributed by atoms with E-state index in [0.717, 1.165) is 23.1 Å². The maximum atomic E-state index is 13.7. The number of anilines is 2. The average Bonchev–Trinajstić information content (AvgIpc) is 2.89. The van der Waals surface area contributed by atoms with Crippen molar-refractivity contribution in [3.05, 3.63) is 52.4 Å². The highest BCUT2D eigenvalue weighted by Crippen LogP contribution is 2.35. The number of aromatic nitrogens is 1. The number of rotatable bonds is 3. The summed E-state index contributed by atoms with van der Waals surface area (Å²) in [6.07, 6.45) is -8.81. The molecule has 0 saturated carbocycles. The van der Waals surface area contributed by atoms with Crippen LogP contribution >= 0.6 is 11.6 Å². The number of pyridine rings is 1.